The third-order valence-electron chi connectivity index (χ3n) is 5.78. The summed E-state index contributed by atoms with van der Waals surface area (Å²) in [5.41, 5.74) is 1.16. The van der Waals surface area contributed by atoms with Crippen molar-refractivity contribution in [2.75, 3.05) is 26.2 Å². The van der Waals surface area contributed by atoms with Crippen LogP contribution in [0, 0.1) is 18.8 Å². The van der Waals surface area contributed by atoms with E-state index in [2.05, 4.69) is 50.4 Å². The number of nitrogens with zero attached hydrogens (tertiary/aromatic N) is 4. The van der Waals surface area contributed by atoms with Crippen molar-refractivity contribution in [2.24, 2.45) is 11.8 Å². The van der Waals surface area contributed by atoms with Gasteiger partial charge in [0.1, 0.15) is 5.82 Å². The summed E-state index contributed by atoms with van der Waals surface area (Å²) in [4.78, 5) is 21.8. The van der Waals surface area contributed by atoms with Gasteiger partial charge < -0.3 is 4.90 Å². The van der Waals surface area contributed by atoms with Gasteiger partial charge in [0.2, 0.25) is 5.91 Å². The molecule has 1 N–H and O–H groups in total. The zero-order valence-electron chi connectivity index (χ0n) is 15.8. The molecule has 1 aromatic carbocycles. The standard InChI is InChI=1S/C20H27N5O/c1-14(2)18(26)25-11-17-10-24(9-16-7-5-4-6-8-16)12-20(17,13-25)19-21-15(3)22-23-19/h4-8,14,17H,9-13H2,1-3H3,(H,21,22,23)/t17-,20-/m0/s1. The van der Waals surface area contributed by atoms with E-state index in [0.29, 0.717) is 5.92 Å². The van der Waals surface area contributed by atoms with E-state index in [0.717, 1.165) is 44.4 Å². The minimum Gasteiger partial charge on any atom is -0.341 e. The molecular weight excluding hydrogens is 326 g/mol. The Morgan fingerprint density at radius 2 is 2.04 bits per heavy atom. The Labute approximate surface area is 154 Å². The minimum atomic E-state index is -0.163. The summed E-state index contributed by atoms with van der Waals surface area (Å²) in [5.74, 6) is 2.35. The number of benzene rings is 1. The highest BCUT2D eigenvalue weighted by Gasteiger charge is 2.56. The molecule has 1 aromatic heterocycles. The second-order valence-electron chi connectivity index (χ2n) is 8.13. The molecule has 2 aliphatic heterocycles. The van der Waals surface area contributed by atoms with E-state index < -0.39 is 0 Å². The van der Waals surface area contributed by atoms with Crippen LogP contribution in [0.4, 0.5) is 0 Å². The van der Waals surface area contributed by atoms with Gasteiger partial charge in [0.05, 0.1) is 5.41 Å². The predicted molar refractivity (Wildman–Crippen MR) is 99.4 cm³/mol. The molecule has 0 unspecified atom stereocenters. The van der Waals surface area contributed by atoms with Crippen LogP contribution in [0.5, 0.6) is 0 Å². The molecule has 0 radical (unpaired) electrons. The summed E-state index contributed by atoms with van der Waals surface area (Å²) in [7, 11) is 0. The fourth-order valence-electron chi connectivity index (χ4n) is 4.55. The van der Waals surface area contributed by atoms with Crippen molar-refractivity contribution in [1.29, 1.82) is 0 Å². The van der Waals surface area contributed by atoms with E-state index in [1.807, 2.05) is 25.7 Å². The summed E-state index contributed by atoms with van der Waals surface area (Å²) in [6.07, 6.45) is 0. The molecule has 2 atom stereocenters. The fourth-order valence-corrected chi connectivity index (χ4v) is 4.55. The molecule has 0 saturated carbocycles. The summed E-state index contributed by atoms with van der Waals surface area (Å²) >= 11 is 0. The number of amides is 1. The monoisotopic (exact) mass is 353 g/mol. The number of rotatable bonds is 4. The van der Waals surface area contributed by atoms with E-state index in [1.165, 1.54) is 5.56 Å². The topological polar surface area (TPSA) is 65.1 Å². The lowest BCUT2D eigenvalue weighted by molar-refractivity contribution is -0.133. The maximum absolute atomic E-state index is 12.6. The van der Waals surface area contributed by atoms with Gasteiger partial charge in [0.15, 0.2) is 5.82 Å². The van der Waals surface area contributed by atoms with Gasteiger partial charge in [-0.05, 0) is 12.5 Å². The molecule has 26 heavy (non-hydrogen) atoms. The Morgan fingerprint density at radius 1 is 1.27 bits per heavy atom. The lowest BCUT2D eigenvalue weighted by atomic mass is 9.80. The SMILES string of the molecule is Cc1nc([C@]23CN(Cc4ccccc4)C[C@H]2CN(C(=O)C(C)C)C3)n[nH]1. The van der Waals surface area contributed by atoms with E-state index in [-0.39, 0.29) is 17.2 Å². The van der Waals surface area contributed by atoms with Crippen molar-refractivity contribution in [1.82, 2.24) is 25.0 Å². The minimum absolute atomic E-state index is 0.0279. The van der Waals surface area contributed by atoms with Crippen molar-refractivity contribution < 1.29 is 4.79 Å². The molecule has 0 spiro atoms. The van der Waals surface area contributed by atoms with Crippen molar-refractivity contribution in [3.63, 3.8) is 0 Å². The number of aromatic nitrogens is 3. The normalized spacial score (nSPS) is 25.8. The van der Waals surface area contributed by atoms with Gasteiger partial charge in [-0.3, -0.25) is 14.8 Å². The van der Waals surface area contributed by atoms with Crippen molar-refractivity contribution >= 4 is 5.91 Å². The van der Waals surface area contributed by atoms with E-state index in [4.69, 9.17) is 0 Å². The second kappa shape index (κ2) is 6.50. The van der Waals surface area contributed by atoms with Gasteiger partial charge in [-0.2, -0.15) is 5.10 Å². The smallest absolute Gasteiger partial charge is 0.225 e. The van der Waals surface area contributed by atoms with Crippen LogP contribution in [0.3, 0.4) is 0 Å². The van der Waals surface area contributed by atoms with Crippen LogP contribution in [0.1, 0.15) is 31.1 Å². The average molecular weight is 353 g/mol. The Kier molecular flexibility index (Phi) is 4.31. The molecule has 6 nitrogen and oxygen atoms in total. The summed E-state index contributed by atoms with van der Waals surface area (Å²) in [5, 5.41) is 7.51. The van der Waals surface area contributed by atoms with Gasteiger partial charge in [-0.1, -0.05) is 44.2 Å². The molecule has 6 heteroatoms. The number of aromatic amines is 1. The third kappa shape index (κ3) is 2.92. The van der Waals surface area contributed by atoms with Crippen LogP contribution < -0.4 is 0 Å². The molecule has 2 saturated heterocycles. The molecule has 2 fully saturated rings. The number of H-pyrrole nitrogens is 1. The number of carbonyl (C=O) groups is 1. The van der Waals surface area contributed by atoms with Crippen LogP contribution in [0.2, 0.25) is 0 Å². The van der Waals surface area contributed by atoms with Gasteiger partial charge in [0.25, 0.3) is 0 Å². The number of likely N-dealkylation sites (tertiary alicyclic amines) is 2. The fraction of sp³-hybridized carbons (Fsp3) is 0.550. The van der Waals surface area contributed by atoms with Gasteiger partial charge >= 0.3 is 0 Å². The Bertz CT molecular complexity index is 787. The second-order valence-corrected chi connectivity index (χ2v) is 8.13. The van der Waals surface area contributed by atoms with Gasteiger partial charge in [0, 0.05) is 44.6 Å². The van der Waals surface area contributed by atoms with Gasteiger partial charge in [-0.25, -0.2) is 4.98 Å². The zero-order valence-corrected chi connectivity index (χ0v) is 15.8. The van der Waals surface area contributed by atoms with Crippen LogP contribution in [0.15, 0.2) is 30.3 Å². The molecule has 138 valence electrons. The van der Waals surface area contributed by atoms with Crippen LogP contribution >= 0.6 is 0 Å². The average Bonchev–Trinajstić information content (AvgIpc) is 3.27. The summed E-state index contributed by atoms with van der Waals surface area (Å²) in [6, 6.07) is 10.6. The molecule has 0 bridgehead atoms. The Morgan fingerprint density at radius 3 is 2.69 bits per heavy atom. The molecule has 1 amide bonds. The number of nitrogens with one attached hydrogen (secondary N) is 1. The largest absolute Gasteiger partial charge is 0.341 e. The Hall–Kier alpha value is -2.21. The Balaban J connectivity index is 1.60. The number of hydrogen-bond donors (Lipinski definition) is 1. The highest BCUT2D eigenvalue weighted by molar-refractivity contribution is 5.78. The number of carbonyl (C=O) groups excluding carboxylic acids is 1. The van der Waals surface area contributed by atoms with Crippen LogP contribution in [-0.2, 0) is 16.8 Å². The molecule has 4 rings (SSSR count). The number of fused-ring (bicyclic) bond motifs is 1. The van der Waals surface area contributed by atoms with E-state index >= 15 is 0 Å². The molecular formula is C20H27N5O. The maximum atomic E-state index is 12.6. The molecule has 3 heterocycles. The van der Waals surface area contributed by atoms with Crippen molar-refractivity contribution in [3.8, 4) is 0 Å². The van der Waals surface area contributed by atoms with Gasteiger partial charge in [-0.15, -0.1) is 0 Å². The van der Waals surface area contributed by atoms with E-state index in [9.17, 15) is 4.79 Å². The third-order valence-corrected chi connectivity index (χ3v) is 5.78. The van der Waals surface area contributed by atoms with Crippen molar-refractivity contribution in [3.05, 3.63) is 47.5 Å². The first-order valence-electron chi connectivity index (χ1n) is 9.42. The predicted octanol–water partition coefficient (Wildman–Crippen LogP) is 1.98. The summed E-state index contributed by atoms with van der Waals surface area (Å²) in [6.45, 7) is 10.2. The quantitative estimate of drug-likeness (QED) is 0.913. The molecule has 2 aliphatic rings. The first kappa shape index (κ1) is 17.2. The maximum Gasteiger partial charge on any atom is 0.225 e. The molecule has 0 aliphatic carbocycles. The van der Waals surface area contributed by atoms with E-state index in [1.54, 1.807) is 0 Å². The molecule has 2 aromatic rings. The zero-order chi connectivity index (χ0) is 18.3. The van der Waals surface area contributed by atoms with Crippen LogP contribution in [0.25, 0.3) is 0 Å². The summed E-state index contributed by atoms with van der Waals surface area (Å²) < 4.78 is 0. The highest BCUT2D eigenvalue weighted by Crippen LogP contribution is 2.44. The number of aryl methyl sites for hydroxylation is 1. The first-order valence-corrected chi connectivity index (χ1v) is 9.42. The lowest BCUT2D eigenvalue weighted by Crippen LogP contribution is -2.41. The highest BCUT2D eigenvalue weighted by atomic mass is 16.2. The number of hydrogen-bond acceptors (Lipinski definition) is 4. The van der Waals surface area contributed by atoms with Crippen molar-refractivity contribution in [2.45, 2.75) is 32.7 Å². The lowest BCUT2D eigenvalue weighted by Gasteiger charge is -2.27. The first-order chi connectivity index (χ1) is 12.5. The van der Waals surface area contributed by atoms with Crippen LogP contribution in [-0.4, -0.2) is 57.1 Å².